The lowest BCUT2D eigenvalue weighted by molar-refractivity contribution is -0.0530. The summed E-state index contributed by atoms with van der Waals surface area (Å²) in [7, 11) is 0. The number of halogens is 2. The Kier molecular flexibility index (Phi) is 3.03. The standard InChI is InChI=1S/C10H13F2NO/c1-10(2,3)7-5-4-6-8(13-7)14-9(11)12/h4-6,9H,1-3H3. The number of hydrogen-bond donors (Lipinski definition) is 0. The molecule has 0 spiro atoms. The summed E-state index contributed by atoms with van der Waals surface area (Å²) in [6.45, 7) is 3.06. The lowest BCUT2D eigenvalue weighted by atomic mass is 9.92. The van der Waals surface area contributed by atoms with Crippen molar-refractivity contribution in [1.82, 2.24) is 4.98 Å². The van der Waals surface area contributed by atoms with Gasteiger partial charge < -0.3 is 4.74 Å². The number of ether oxygens (including phenoxy) is 1. The summed E-state index contributed by atoms with van der Waals surface area (Å²) in [5.74, 6) is -0.0348. The van der Waals surface area contributed by atoms with E-state index in [9.17, 15) is 8.78 Å². The fourth-order valence-corrected chi connectivity index (χ4v) is 0.989. The van der Waals surface area contributed by atoms with Gasteiger partial charge in [0, 0.05) is 17.2 Å². The normalized spacial score (nSPS) is 11.9. The second-order valence-electron chi connectivity index (χ2n) is 3.99. The summed E-state index contributed by atoms with van der Waals surface area (Å²) in [5.41, 5.74) is 0.567. The van der Waals surface area contributed by atoms with E-state index >= 15 is 0 Å². The molecule has 0 aliphatic carbocycles. The maximum Gasteiger partial charge on any atom is 0.388 e. The number of pyridine rings is 1. The van der Waals surface area contributed by atoms with E-state index in [1.54, 1.807) is 12.1 Å². The van der Waals surface area contributed by atoms with Crippen LogP contribution >= 0.6 is 0 Å². The third-order valence-corrected chi connectivity index (χ3v) is 1.70. The minimum atomic E-state index is -2.82. The molecule has 1 aromatic heterocycles. The van der Waals surface area contributed by atoms with Crippen LogP contribution in [0.15, 0.2) is 18.2 Å². The minimum absolute atomic E-state index is 0.0348. The van der Waals surface area contributed by atoms with E-state index in [0.717, 1.165) is 5.69 Å². The van der Waals surface area contributed by atoms with E-state index in [-0.39, 0.29) is 11.3 Å². The topological polar surface area (TPSA) is 22.1 Å². The van der Waals surface area contributed by atoms with Crippen molar-refractivity contribution in [3.8, 4) is 5.88 Å². The molecule has 0 atom stereocenters. The molecule has 0 saturated heterocycles. The van der Waals surface area contributed by atoms with Gasteiger partial charge in [-0.2, -0.15) is 8.78 Å². The summed E-state index contributed by atoms with van der Waals surface area (Å²) < 4.78 is 28.0. The Morgan fingerprint density at radius 3 is 2.43 bits per heavy atom. The summed E-state index contributed by atoms with van der Waals surface area (Å²) in [6.07, 6.45) is 0. The first kappa shape index (κ1) is 10.9. The molecule has 0 aromatic carbocycles. The third kappa shape index (κ3) is 2.94. The summed E-state index contributed by atoms with van der Waals surface area (Å²) >= 11 is 0. The molecule has 1 rings (SSSR count). The van der Waals surface area contributed by atoms with Gasteiger partial charge >= 0.3 is 6.61 Å². The fraction of sp³-hybridized carbons (Fsp3) is 0.500. The zero-order chi connectivity index (χ0) is 10.8. The highest BCUT2D eigenvalue weighted by atomic mass is 19.3. The fourth-order valence-electron chi connectivity index (χ4n) is 0.989. The Bertz CT molecular complexity index is 307. The maximum absolute atomic E-state index is 11.9. The highest BCUT2D eigenvalue weighted by Gasteiger charge is 2.16. The highest BCUT2D eigenvalue weighted by molar-refractivity contribution is 5.20. The molecule has 1 aromatic rings. The van der Waals surface area contributed by atoms with E-state index in [0.29, 0.717) is 0 Å². The second-order valence-corrected chi connectivity index (χ2v) is 3.99. The van der Waals surface area contributed by atoms with Crippen molar-refractivity contribution < 1.29 is 13.5 Å². The lowest BCUT2D eigenvalue weighted by Crippen LogP contribution is -2.14. The molecule has 4 heteroatoms. The molecule has 0 N–H and O–H groups in total. The molecule has 14 heavy (non-hydrogen) atoms. The molecule has 0 aliphatic heterocycles. The van der Waals surface area contributed by atoms with Crippen LogP contribution in [0.5, 0.6) is 5.88 Å². The van der Waals surface area contributed by atoms with Crippen molar-refractivity contribution in [3.63, 3.8) is 0 Å². The number of rotatable bonds is 2. The molecule has 1 heterocycles. The van der Waals surface area contributed by atoms with Gasteiger partial charge in [0.25, 0.3) is 0 Å². The Labute approximate surface area is 81.9 Å². The molecule has 0 fully saturated rings. The second kappa shape index (κ2) is 3.90. The molecule has 0 saturated carbocycles. The predicted octanol–water partition coefficient (Wildman–Crippen LogP) is 2.98. The Morgan fingerprint density at radius 2 is 1.93 bits per heavy atom. The molecule has 0 bridgehead atoms. The van der Waals surface area contributed by atoms with Crippen LogP contribution < -0.4 is 4.74 Å². The van der Waals surface area contributed by atoms with Crippen LogP contribution in [0.1, 0.15) is 26.5 Å². The van der Waals surface area contributed by atoms with Crippen LogP contribution in [0.3, 0.4) is 0 Å². The molecule has 0 unspecified atom stereocenters. The monoisotopic (exact) mass is 201 g/mol. The number of nitrogens with zero attached hydrogens (tertiary/aromatic N) is 1. The van der Waals surface area contributed by atoms with Crippen LogP contribution in [0, 0.1) is 0 Å². The van der Waals surface area contributed by atoms with E-state index < -0.39 is 6.61 Å². The smallest absolute Gasteiger partial charge is 0.388 e. The van der Waals surface area contributed by atoms with Gasteiger partial charge in [-0.15, -0.1) is 0 Å². The van der Waals surface area contributed by atoms with Crippen LogP contribution in [0.2, 0.25) is 0 Å². The summed E-state index contributed by atoms with van der Waals surface area (Å²) in [5, 5.41) is 0. The van der Waals surface area contributed by atoms with Gasteiger partial charge in [-0.05, 0) is 6.07 Å². The van der Waals surface area contributed by atoms with Gasteiger partial charge in [-0.25, -0.2) is 4.98 Å². The molecule has 2 nitrogen and oxygen atoms in total. The van der Waals surface area contributed by atoms with Crippen molar-refractivity contribution >= 4 is 0 Å². The number of hydrogen-bond acceptors (Lipinski definition) is 2. The highest BCUT2D eigenvalue weighted by Crippen LogP contribution is 2.22. The van der Waals surface area contributed by atoms with Gasteiger partial charge in [-0.1, -0.05) is 26.8 Å². The third-order valence-electron chi connectivity index (χ3n) is 1.70. The van der Waals surface area contributed by atoms with Crippen molar-refractivity contribution in [2.45, 2.75) is 32.8 Å². The SMILES string of the molecule is CC(C)(C)c1cccc(OC(F)F)n1. The zero-order valence-corrected chi connectivity index (χ0v) is 8.42. The van der Waals surface area contributed by atoms with Crippen molar-refractivity contribution in [1.29, 1.82) is 0 Å². The maximum atomic E-state index is 11.9. The average Bonchev–Trinajstić information content (AvgIpc) is 2.01. The van der Waals surface area contributed by atoms with Crippen LogP contribution in [-0.2, 0) is 5.41 Å². The number of aromatic nitrogens is 1. The van der Waals surface area contributed by atoms with E-state index in [2.05, 4.69) is 9.72 Å². The average molecular weight is 201 g/mol. The van der Waals surface area contributed by atoms with E-state index in [1.807, 2.05) is 20.8 Å². The zero-order valence-electron chi connectivity index (χ0n) is 8.42. The largest absolute Gasteiger partial charge is 0.417 e. The molecule has 0 aliphatic rings. The number of alkyl halides is 2. The van der Waals surface area contributed by atoms with Crippen molar-refractivity contribution in [2.75, 3.05) is 0 Å². The van der Waals surface area contributed by atoms with E-state index in [4.69, 9.17) is 0 Å². The van der Waals surface area contributed by atoms with Gasteiger partial charge in [0.1, 0.15) is 0 Å². The minimum Gasteiger partial charge on any atom is -0.417 e. The lowest BCUT2D eigenvalue weighted by Gasteiger charge is -2.18. The first-order valence-electron chi connectivity index (χ1n) is 4.32. The van der Waals surface area contributed by atoms with Crippen LogP contribution in [-0.4, -0.2) is 11.6 Å². The Hall–Kier alpha value is -1.19. The first-order chi connectivity index (χ1) is 6.39. The van der Waals surface area contributed by atoms with Crippen molar-refractivity contribution in [2.24, 2.45) is 0 Å². The van der Waals surface area contributed by atoms with Gasteiger partial charge in [0.15, 0.2) is 0 Å². The molecule has 0 radical (unpaired) electrons. The van der Waals surface area contributed by atoms with E-state index in [1.165, 1.54) is 6.07 Å². The van der Waals surface area contributed by atoms with Gasteiger partial charge in [0.2, 0.25) is 5.88 Å². The van der Waals surface area contributed by atoms with Crippen LogP contribution in [0.25, 0.3) is 0 Å². The molecule has 0 amide bonds. The molecular weight excluding hydrogens is 188 g/mol. The van der Waals surface area contributed by atoms with Crippen molar-refractivity contribution in [3.05, 3.63) is 23.9 Å². The quantitative estimate of drug-likeness (QED) is 0.733. The summed E-state index contributed by atoms with van der Waals surface area (Å²) in [4.78, 5) is 3.98. The molecular formula is C10H13F2NO. The Morgan fingerprint density at radius 1 is 1.29 bits per heavy atom. The predicted molar refractivity (Wildman–Crippen MR) is 49.6 cm³/mol. The summed E-state index contributed by atoms with van der Waals surface area (Å²) in [6, 6.07) is 4.87. The van der Waals surface area contributed by atoms with Crippen LogP contribution in [0.4, 0.5) is 8.78 Å². The van der Waals surface area contributed by atoms with Gasteiger partial charge in [0.05, 0.1) is 0 Å². The molecule has 78 valence electrons. The van der Waals surface area contributed by atoms with Gasteiger partial charge in [-0.3, -0.25) is 0 Å². The first-order valence-corrected chi connectivity index (χ1v) is 4.32. The Balaban J connectivity index is 2.90.